The normalized spacial score (nSPS) is 10.4. The van der Waals surface area contributed by atoms with Crippen molar-refractivity contribution >= 4 is 29.1 Å². The zero-order chi connectivity index (χ0) is 18.4. The smallest absolute Gasteiger partial charge is 0.255 e. The molecule has 2 aromatic rings. The van der Waals surface area contributed by atoms with Gasteiger partial charge in [0.2, 0.25) is 0 Å². The molecule has 5 heteroatoms. The van der Waals surface area contributed by atoms with Crippen LogP contribution in [0.2, 0.25) is 5.02 Å². The molecule has 0 heterocycles. The Hall–Kier alpha value is -2.33. The van der Waals surface area contributed by atoms with Crippen LogP contribution in [0.25, 0.3) is 0 Å². The number of nitrogens with zero attached hydrogens (tertiary/aromatic N) is 1. The highest BCUT2D eigenvalue weighted by molar-refractivity contribution is 6.31. The largest absolute Gasteiger partial charge is 0.342 e. The number of carbonyl (C=O) groups is 2. The van der Waals surface area contributed by atoms with Gasteiger partial charge in [0.05, 0.1) is 0 Å². The van der Waals surface area contributed by atoms with E-state index in [9.17, 15) is 9.59 Å². The fraction of sp³-hybridized carbons (Fsp3) is 0.300. The van der Waals surface area contributed by atoms with E-state index >= 15 is 0 Å². The number of nitrogens with one attached hydrogen (secondary N) is 1. The average Bonchev–Trinajstić information content (AvgIpc) is 2.62. The molecule has 0 spiro atoms. The van der Waals surface area contributed by atoms with E-state index in [0.717, 1.165) is 18.4 Å². The fourth-order valence-electron chi connectivity index (χ4n) is 2.45. The summed E-state index contributed by atoms with van der Waals surface area (Å²) in [5, 5.41) is 3.45. The Balaban J connectivity index is 2.16. The summed E-state index contributed by atoms with van der Waals surface area (Å²) in [5.74, 6) is -0.349. The molecule has 0 aromatic heterocycles. The van der Waals surface area contributed by atoms with Crippen molar-refractivity contribution in [3.05, 3.63) is 64.2 Å². The summed E-state index contributed by atoms with van der Waals surface area (Å²) in [6.45, 7) is 4.63. The van der Waals surface area contributed by atoms with Crippen LogP contribution in [-0.4, -0.2) is 30.3 Å². The van der Waals surface area contributed by atoms with Crippen molar-refractivity contribution in [1.29, 1.82) is 0 Å². The molecule has 0 aliphatic rings. The van der Waals surface area contributed by atoms with Gasteiger partial charge in [-0.3, -0.25) is 9.59 Å². The van der Waals surface area contributed by atoms with Gasteiger partial charge in [0, 0.05) is 35.4 Å². The first-order valence-electron chi connectivity index (χ1n) is 8.36. The molecule has 0 bridgehead atoms. The number of hydrogen-bond acceptors (Lipinski definition) is 2. The van der Waals surface area contributed by atoms with Gasteiger partial charge in [-0.1, -0.05) is 37.1 Å². The highest BCUT2D eigenvalue weighted by Gasteiger charge is 2.14. The van der Waals surface area contributed by atoms with Crippen LogP contribution in [0, 0.1) is 6.92 Å². The van der Waals surface area contributed by atoms with Gasteiger partial charge in [-0.05, 0) is 49.2 Å². The second kappa shape index (κ2) is 8.67. The predicted molar refractivity (Wildman–Crippen MR) is 102 cm³/mol. The number of hydrogen-bond donors (Lipinski definition) is 1. The minimum atomic E-state index is -0.267. The van der Waals surface area contributed by atoms with Crippen molar-refractivity contribution in [2.75, 3.05) is 18.9 Å². The number of amides is 2. The number of unbranched alkanes of at least 4 members (excludes halogenated alkanes) is 1. The van der Waals surface area contributed by atoms with Gasteiger partial charge in [0.15, 0.2) is 0 Å². The first kappa shape index (κ1) is 19.0. The Kier molecular flexibility index (Phi) is 6.59. The van der Waals surface area contributed by atoms with Crippen LogP contribution in [0.3, 0.4) is 0 Å². The number of rotatable bonds is 6. The SMILES string of the molecule is CCCCN(C)C(=O)c1cccc(C(=O)Nc2cccc(Cl)c2C)c1. The minimum absolute atomic E-state index is 0.0814. The summed E-state index contributed by atoms with van der Waals surface area (Å²) < 4.78 is 0. The van der Waals surface area contributed by atoms with Crippen LogP contribution in [-0.2, 0) is 0 Å². The maximum Gasteiger partial charge on any atom is 0.255 e. The van der Waals surface area contributed by atoms with E-state index in [1.54, 1.807) is 54.4 Å². The zero-order valence-electron chi connectivity index (χ0n) is 14.8. The van der Waals surface area contributed by atoms with Crippen molar-refractivity contribution in [2.45, 2.75) is 26.7 Å². The van der Waals surface area contributed by atoms with Crippen molar-refractivity contribution in [3.8, 4) is 0 Å². The lowest BCUT2D eigenvalue weighted by molar-refractivity contribution is 0.0793. The van der Waals surface area contributed by atoms with Crippen LogP contribution < -0.4 is 5.32 Å². The van der Waals surface area contributed by atoms with Gasteiger partial charge in [-0.15, -0.1) is 0 Å². The quantitative estimate of drug-likeness (QED) is 0.808. The topological polar surface area (TPSA) is 49.4 Å². The summed E-state index contributed by atoms with van der Waals surface area (Å²) in [6.07, 6.45) is 1.98. The van der Waals surface area contributed by atoms with Crippen molar-refractivity contribution < 1.29 is 9.59 Å². The Bertz CT molecular complexity index is 774. The second-order valence-electron chi connectivity index (χ2n) is 6.03. The van der Waals surface area contributed by atoms with Crippen molar-refractivity contribution in [1.82, 2.24) is 4.90 Å². The lowest BCUT2D eigenvalue weighted by Gasteiger charge is -2.17. The average molecular weight is 359 g/mol. The molecule has 0 atom stereocenters. The zero-order valence-corrected chi connectivity index (χ0v) is 15.6. The Morgan fingerprint density at radius 2 is 1.80 bits per heavy atom. The molecule has 0 saturated carbocycles. The first-order chi connectivity index (χ1) is 11.9. The summed E-state index contributed by atoms with van der Waals surface area (Å²) in [6, 6.07) is 12.1. The third-order valence-corrected chi connectivity index (χ3v) is 4.49. The lowest BCUT2D eigenvalue weighted by atomic mass is 10.1. The molecular weight excluding hydrogens is 336 g/mol. The standard InChI is InChI=1S/C20H23ClN2O2/c1-4-5-12-23(3)20(25)16-9-6-8-15(13-16)19(24)22-18-11-7-10-17(21)14(18)2/h6-11,13H,4-5,12H2,1-3H3,(H,22,24). The predicted octanol–water partition coefficient (Wildman–Crippen LogP) is 4.77. The van der Waals surface area contributed by atoms with Crippen molar-refractivity contribution in [2.24, 2.45) is 0 Å². The first-order valence-corrected chi connectivity index (χ1v) is 8.73. The molecule has 0 aliphatic heterocycles. The molecule has 1 N–H and O–H groups in total. The number of carbonyl (C=O) groups excluding carboxylic acids is 2. The molecule has 132 valence electrons. The fourth-order valence-corrected chi connectivity index (χ4v) is 2.62. The van der Waals surface area contributed by atoms with E-state index in [-0.39, 0.29) is 11.8 Å². The monoisotopic (exact) mass is 358 g/mol. The van der Waals surface area contributed by atoms with Crippen LogP contribution in [0.15, 0.2) is 42.5 Å². The number of benzene rings is 2. The van der Waals surface area contributed by atoms with E-state index in [4.69, 9.17) is 11.6 Å². The molecule has 4 nitrogen and oxygen atoms in total. The minimum Gasteiger partial charge on any atom is -0.342 e. The molecule has 0 radical (unpaired) electrons. The van der Waals surface area contributed by atoms with Gasteiger partial charge >= 0.3 is 0 Å². The van der Waals surface area contributed by atoms with E-state index < -0.39 is 0 Å². The molecule has 0 saturated heterocycles. The molecule has 0 fully saturated rings. The Morgan fingerprint density at radius 3 is 2.52 bits per heavy atom. The maximum absolute atomic E-state index is 12.5. The number of halogens is 1. The van der Waals surface area contributed by atoms with E-state index in [0.29, 0.717) is 28.4 Å². The highest BCUT2D eigenvalue weighted by Crippen LogP contribution is 2.23. The van der Waals surface area contributed by atoms with Crippen LogP contribution in [0.5, 0.6) is 0 Å². The van der Waals surface area contributed by atoms with Gasteiger partial charge in [-0.2, -0.15) is 0 Å². The van der Waals surface area contributed by atoms with Crippen LogP contribution in [0.1, 0.15) is 46.0 Å². The highest BCUT2D eigenvalue weighted by atomic mass is 35.5. The van der Waals surface area contributed by atoms with E-state index in [1.165, 1.54) is 0 Å². The molecular formula is C20H23ClN2O2. The summed E-state index contributed by atoms with van der Waals surface area (Å²) in [4.78, 5) is 26.7. The Labute approximate surface area is 153 Å². The molecule has 0 unspecified atom stereocenters. The second-order valence-corrected chi connectivity index (χ2v) is 6.43. The molecule has 25 heavy (non-hydrogen) atoms. The van der Waals surface area contributed by atoms with Crippen molar-refractivity contribution in [3.63, 3.8) is 0 Å². The van der Waals surface area contributed by atoms with E-state index in [1.807, 2.05) is 6.92 Å². The summed E-state index contributed by atoms with van der Waals surface area (Å²) in [5.41, 5.74) is 2.42. The van der Waals surface area contributed by atoms with Gasteiger partial charge in [-0.25, -0.2) is 0 Å². The van der Waals surface area contributed by atoms with Crippen LogP contribution in [0.4, 0.5) is 5.69 Å². The molecule has 2 rings (SSSR count). The molecule has 0 aliphatic carbocycles. The molecule has 2 aromatic carbocycles. The maximum atomic E-state index is 12.5. The summed E-state index contributed by atoms with van der Waals surface area (Å²) in [7, 11) is 1.78. The Morgan fingerprint density at radius 1 is 1.12 bits per heavy atom. The van der Waals surface area contributed by atoms with Gasteiger partial charge < -0.3 is 10.2 Å². The van der Waals surface area contributed by atoms with Gasteiger partial charge in [0.25, 0.3) is 11.8 Å². The van der Waals surface area contributed by atoms with E-state index in [2.05, 4.69) is 12.2 Å². The summed E-state index contributed by atoms with van der Waals surface area (Å²) >= 11 is 6.09. The third kappa shape index (κ3) is 4.83. The number of anilines is 1. The third-order valence-electron chi connectivity index (χ3n) is 4.08. The van der Waals surface area contributed by atoms with Crippen LogP contribution >= 0.6 is 11.6 Å². The van der Waals surface area contributed by atoms with Gasteiger partial charge in [0.1, 0.15) is 0 Å². The molecule has 2 amide bonds. The lowest BCUT2D eigenvalue weighted by Crippen LogP contribution is -2.28.